The van der Waals surface area contributed by atoms with E-state index in [1.54, 1.807) is 37.3 Å². The van der Waals surface area contributed by atoms with Gasteiger partial charge >= 0.3 is 0 Å². The van der Waals surface area contributed by atoms with E-state index in [0.717, 1.165) is 23.4 Å². The van der Waals surface area contributed by atoms with Crippen LogP contribution in [0.25, 0.3) is 11.3 Å². The lowest BCUT2D eigenvalue weighted by Crippen LogP contribution is -2.24. The van der Waals surface area contributed by atoms with Crippen LogP contribution in [-0.2, 0) is 4.79 Å². The Bertz CT molecular complexity index is 1100. The van der Waals surface area contributed by atoms with E-state index in [1.807, 2.05) is 29.6 Å². The Hall–Kier alpha value is -3.39. The van der Waals surface area contributed by atoms with Gasteiger partial charge in [-0.25, -0.2) is 4.98 Å². The molecule has 1 saturated heterocycles. The maximum Gasteiger partial charge on any atom is 0.257 e. The number of rotatable bonds is 6. The van der Waals surface area contributed by atoms with E-state index < -0.39 is 0 Å². The van der Waals surface area contributed by atoms with Gasteiger partial charge in [-0.15, -0.1) is 11.3 Å². The van der Waals surface area contributed by atoms with Gasteiger partial charge in [0.2, 0.25) is 5.91 Å². The predicted octanol–water partition coefficient (Wildman–Crippen LogP) is 4.21. The molecule has 1 N–H and O–H groups in total. The number of nitrogens with zero attached hydrogens (tertiary/aromatic N) is 2. The molecule has 30 heavy (non-hydrogen) atoms. The summed E-state index contributed by atoms with van der Waals surface area (Å²) in [7, 11) is 3.17. The van der Waals surface area contributed by atoms with Crippen LogP contribution in [0.2, 0.25) is 0 Å². The van der Waals surface area contributed by atoms with E-state index in [4.69, 9.17) is 9.47 Å². The van der Waals surface area contributed by atoms with E-state index in [2.05, 4.69) is 10.3 Å². The molecule has 0 atom stereocenters. The van der Waals surface area contributed by atoms with Crippen LogP contribution in [0.1, 0.15) is 23.2 Å². The number of ether oxygens (including phenoxy) is 2. The van der Waals surface area contributed by atoms with Gasteiger partial charge in [-0.3, -0.25) is 14.9 Å². The second-order valence-electron chi connectivity index (χ2n) is 6.76. The summed E-state index contributed by atoms with van der Waals surface area (Å²) in [6.45, 7) is 0.686. The van der Waals surface area contributed by atoms with Crippen molar-refractivity contribution in [3.05, 3.63) is 53.4 Å². The highest BCUT2D eigenvalue weighted by molar-refractivity contribution is 7.14. The SMILES string of the molecule is COc1ccc(-c2csc(NC(=O)c3cccc(N4CCCC4=O)c3)n2)cc1OC. The largest absolute Gasteiger partial charge is 0.493 e. The Labute approximate surface area is 178 Å². The van der Waals surface area contributed by atoms with Crippen LogP contribution in [0.3, 0.4) is 0 Å². The van der Waals surface area contributed by atoms with Gasteiger partial charge in [0.15, 0.2) is 16.6 Å². The number of aromatic nitrogens is 1. The standard InChI is InChI=1S/C22H21N3O4S/c1-28-18-9-8-14(12-19(18)29-2)17-13-30-22(23-17)24-21(27)15-5-3-6-16(11-15)25-10-4-7-20(25)26/h3,5-6,8-9,11-13H,4,7,10H2,1-2H3,(H,23,24,27). The molecular weight excluding hydrogens is 402 g/mol. The Morgan fingerprint density at radius 2 is 1.97 bits per heavy atom. The summed E-state index contributed by atoms with van der Waals surface area (Å²) < 4.78 is 10.6. The first-order valence-electron chi connectivity index (χ1n) is 9.49. The number of benzene rings is 2. The van der Waals surface area contributed by atoms with E-state index in [1.165, 1.54) is 11.3 Å². The zero-order valence-corrected chi connectivity index (χ0v) is 17.5. The molecule has 2 heterocycles. The van der Waals surface area contributed by atoms with Gasteiger partial charge in [0.05, 0.1) is 19.9 Å². The number of amides is 2. The number of hydrogen-bond donors (Lipinski definition) is 1. The van der Waals surface area contributed by atoms with Crippen molar-refractivity contribution in [1.29, 1.82) is 0 Å². The van der Waals surface area contributed by atoms with Crippen molar-refractivity contribution >= 4 is 34.0 Å². The minimum absolute atomic E-state index is 0.0899. The summed E-state index contributed by atoms with van der Waals surface area (Å²) in [4.78, 5) is 30.9. The van der Waals surface area contributed by atoms with Crippen molar-refractivity contribution in [2.75, 3.05) is 31.0 Å². The molecule has 0 bridgehead atoms. The summed E-state index contributed by atoms with van der Waals surface area (Å²) in [6, 6.07) is 12.6. The monoisotopic (exact) mass is 423 g/mol. The maximum atomic E-state index is 12.7. The van der Waals surface area contributed by atoms with Crippen LogP contribution in [-0.4, -0.2) is 37.6 Å². The number of carbonyl (C=O) groups excluding carboxylic acids is 2. The zero-order chi connectivity index (χ0) is 21.1. The molecule has 0 unspecified atom stereocenters. The summed E-state index contributed by atoms with van der Waals surface area (Å²) in [5.74, 6) is 1.08. The highest BCUT2D eigenvalue weighted by Crippen LogP contribution is 2.33. The molecule has 1 aliphatic rings. The fraction of sp³-hybridized carbons (Fsp3) is 0.227. The molecule has 0 saturated carbocycles. The first-order valence-corrected chi connectivity index (χ1v) is 10.4. The van der Waals surface area contributed by atoms with Crippen molar-refractivity contribution in [3.8, 4) is 22.8 Å². The van der Waals surface area contributed by atoms with Crippen LogP contribution < -0.4 is 19.7 Å². The molecule has 0 spiro atoms. The van der Waals surface area contributed by atoms with Crippen LogP contribution in [0.15, 0.2) is 47.8 Å². The van der Waals surface area contributed by atoms with E-state index in [9.17, 15) is 9.59 Å². The predicted molar refractivity (Wildman–Crippen MR) is 117 cm³/mol. The van der Waals surface area contributed by atoms with Gasteiger partial charge < -0.3 is 14.4 Å². The maximum absolute atomic E-state index is 12.7. The molecule has 1 aromatic heterocycles. The number of methoxy groups -OCH3 is 2. The molecule has 1 aliphatic heterocycles. The fourth-order valence-electron chi connectivity index (χ4n) is 3.36. The number of hydrogen-bond acceptors (Lipinski definition) is 6. The molecule has 2 aromatic carbocycles. The van der Waals surface area contributed by atoms with Gasteiger partial charge in [0, 0.05) is 35.2 Å². The highest BCUT2D eigenvalue weighted by atomic mass is 32.1. The fourth-order valence-corrected chi connectivity index (χ4v) is 4.08. The topological polar surface area (TPSA) is 80.8 Å². The first kappa shape index (κ1) is 19.9. The number of anilines is 2. The lowest BCUT2D eigenvalue weighted by Gasteiger charge is -2.16. The van der Waals surface area contributed by atoms with Crippen molar-refractivity contribution in [2.24, 2.45) is 0 Å². The Morgan fingerprint density at radius 1 is 1.13 bits per heavy atom. The zero-order valence-electron chi connectivity index (χ0n) is 16.7. The third-order valence-corrected chi connectivity index (χ3v) is 5.66. The molecule has 0 aliphatic carbocycles. The van der Waals surface area contributed by atoms with Crippen LogP contribution in [0.4, 0.5) is 10.8 Å². The summed E-state index contributed by atoms with van der Waals surface area (Å²) in [6.07, 6.45) is 1.39. The summed E-state index contributed by atoms with van der Waals surface area (Å²) >= 11 is 1.34. The minimum atomic E-state index is -0.267. The van der Waals surface area contributed by atoms with Crippen molar-refractivity contribution in [2.45, 2.75) is 12.8 Å². The van der Waals surface area contributed by atoms with E-state index in [0.29, 0.717) is 35.2 Å². The van der Waals surface area contributed by atoms with Gasteiger partial charge in [-0.2, -0.15) is 0 Å². The smallest absolute Gasteiger partial charge is 0.257 e. The number of thiazole rings is 1. The van der Waals surface area contributed by atoms with Crippen LogP contribution in [0.5, 0.6) is 11.5 Å². The summed E-state index contributed by atoms with van der Waals surface area (Å²) in [5, 5.41) is 5.20. The molecule has 7 nitrogen and oxygen atoms in total. The average Bonchev–Trinajstić information content (AvgIpc) is 3.42. The Morgan fingerprint density at radius 3 is 2.70 bits per heavy atom. The highest BCUT2D eigenvalue weighted by Gasteiger charge is 2.22. The van der Waals surface area contributed by atoms with Crippen molar-refractivity contribution < 1.29 is 19.1 Å². The van der Waals surface area contributed by atoms with Gasteiger partial charge in [-0.05, 0) is 42.8 Å². The normalized spacial score (nSPS) is 13.4. The number of carbonyl (C=O) groups is 2. The molecule has 2 amide bonds. The third-order valence-electron chi connectivity index (χ3n) is 4.90. The molecule has 8 heteroatoms. The third kappa shape index (κ3) is 3.99. The Kier molecular flexibility index (Phi) is 5.67. The van der Waals surface area contributed by atoms with Crippen molar-refractivity contribution in [1.82, 2.24) is 4.98 Å². The van der Waals surface area contributed by atoms with Gasteiger partial charge in [-0.1, -0.05) is 6.07 Å². The molecule has 0 radical (unpaired) electrons. The number of nitrogens with one attached hydrogen (secondary N) is 1. The molecule has 1 fully saturated rings. The lowest BCUT2D eigenvalue weighted by molar-refractivity contribution is -0.117. The van der Waals surface area contributed by atoms with Crippen LogP contribution >= 0.6 is 11.3 Å². The minimum Gasteiger partial charge on any atom is -0.493 e. The molecular formula is C22H21N3O4S. The Balaban J connectivity index is 1.50. The first-order chi connectivity index (χ1) is 14.6. The van der Waals surface area contributed by atoms with E-state index >= 15 is 0 Å². The van der Waals surface area contributed by atoms with Gasteiger partial charge in [0.1, 0.15) is 0 Å². The second kappa shape index (κ2) is 8.54. The summed E-state index contributed by atoms with van der Waals surface area (Å²) in [5.41, 5.74) is 2.82. The second-order valence-corrected chi connectivity index (χ2v) is 7.62. The molecule has 3 aromatic rings. The lowest BCUT2D eigenvalue weighted by atomic mass is 10.1. The van der Waals surface area contributed by atoms with E-state index in [-0.39, 0.29) is 11.8 Å². The van der Waals surface area contributed by atoms with Crippen LogP contribution in [0, 0.1) is 0 Å². The van der Waals surface area contributed by atoms with Gasteiger partial charge in [0.25, 0.3) is 5.91 Å². The van der Waals surface area contributed by atoms with Crippen molar-refractivity contribution in [3.63, 3.8) is 0 Å². The molecule has 154 valence electrons. The quantitative estimate of drug-likeness (QED) is 0.643. The molecule has 4 rings (SSSR count). The average molecular weight is 423 g/mol.